The van der Waals surface area contributed by atoms with Crippen LogP contribution in [-0.4, -0.2) is 41.9 Å². The molecule has 0 unspecified atom stereocenters. The van der Waals surface area contributed by atoms with Crippen LogP contribution >= 0.6 is 15.9 Å². The third-order valence-corrected chi connectivity index (χ3v) is 3.61. The summed E-state index contributed by atoms with van der Waals surface area (Å²) in [6.45, 7) is 6.64. The van der Waals surface area contributed by atoms with Gasteiger partial charge in [-0.05, 0) is 32.1 Å². The van der Waals surface area contributed by atoms with E-state index in [2.05, 4.69) is 22.9 Å². The highest BCUT2D eigenvalue weighted by Gasteiger charge is 2.32. The lowest BCUT2D eigenvalue weighted by Gasteiger charge is -2.35. The number of ether oxygens (including phenoxy) is 1. The Kier molecular flexibility index (Phi) is 7.12. The SMILES string of the molecule is CCCN(CCBr)C(=O)CC1CC(OCC)C1. The van der Waals surface area contributed by atoms with Crippen LogP contribution in [0.2, 0.25) is 0 Å². The minimum Gasteiger partial charge on any atom is -0.378 e. The van der Waals surface area contributed by atoms with Crippen LogP contribution in [0.4, 0.5) is 0 Å². The van der Waals surface area contributed by atoms with Gasteiger partial charge in [-0.2, -0.15) is 0 Å². The van der Waals surface area contributed by atoms with Crippen molar-refractivity contribution in [1.29, 1.82) is 0 Å². The third-order valence-electron chi connectivity index (χ3n) is 3.26. The molecule has 1 rings (SSSR count). The average Bonchev–Trinajstić information content (AvgIpc) is 2.26. The summed E-state index contributed by atoms with van der Waals surface area (Å²) in [6, 6.07) is 0. The molecule has 1 fully saturated rings. The second kappa shape index (κ2) is 8.09. The third kappa shape index (κ3) is 4.96. The van der Waals surface area contributed by atoms with Crippen LogP contribution in [0.1, 0.15) is 39.5 Å². The molecule has 0 aromatic rings. The smallest absolute Gasteiger partial charge is 0.222 e. The van der Waals surface area contributed by atoms with Gasteiger partial charge in [0.15, 0.2) is 0 Å². The summed E-state index contributed by atoms with van der Waals surface area (Å²) in [5.74, 6) is 0.861. The first kappa shape index (κ1) is 15.0. The van der Waals surface area contributed by atoms with Gasteiger partial charge in [-0.25, -0.2) is 0 Å². The Bertz CT molecular complexity index is 223. The summed E-state index contributed by atoms with van der Waals surface area (Å²) in [7, 11) is 0. The van der Waals surface area contributed by atoms with E-state index in [9.17, 15) is 4.79 Å². The zero-order valence-electron chi connectivity index (χ0n) is 11.0. The van der Waals surface area contributed by atoms with Crippen molar-refractivity contribution in [2.24, 2.45) is 5.92 Å². The van der Waals surface area contributed by atoms with Crippen LogP contribution < -0.4 is 0 Å². The normalized spacial score (nSPS) is 23.2. The first-order valence-electron chi connectivity index (χ1n) is 6.66. The van der Waals surface area contributed by atoms with Gasteiger partial charge in [-0.15, -0.1) is 0 Å². The first-order chi connectivity index (χ1) is 8.21. The van der Waals surface area contributed by atoms with Gasteiger partial charge in [0.05, 0.1) is 6.10 Å². The molecule has 0 heterocycles. The second-order valence-corrected chi connectivity index (χ2v) is 5.48. The van der Waals surface area contributed by atoms with Gasteiger partial charge < -0.3 is 9.64 Å². The molecule has 0 atom stereocenters. The monoisotopic (exact) mass is 305 g/mol. The summed E-state index contributed by atoms with van der Waals surface area (Å²) in [4.78, 5) is 14.0. The number of hydrogen-bond donors (Lipinski definition) is 0. The van der Waals surface area contributed by atoms with Gasteiger partial charge in [0.2, 0.25) is 5.91 Å². The minimum absolute atomic E-state index is 0.311. The number of carbonyl (C=O) groups excluding carboxylic acids is 1. The van der Waals surface area contributed by atoms with Gasteiger partial charge >= 0.3 is 0 Å². The van der Waals surface area contributed by atoms with Crippen molar-refractivity contribution in [2.45, 2.75) is 45.6 Å². The van der Waals surface area contributed by atoms with E-state index in [4.69, 9.17) is 4.74 Å². The van der Waals surface area contributed by atoms with Crippen LogP contribution in [0.15, 0.2) is 0 Å². The van der Waals surface area contributed by atoms with Crippen molar-refractivity contribution in [2.75, 3.05) is 25.0 Å². The Morgan fingerprint density at radius 1 is 1.35 bits per heavy atom. The lowest BCUT2D eigenvalue weighted by Crippen LogP contribution is -2.39. The number of halogens is 1. The van der Waals surface area contributed by atoms with E-state index < -0.39 is 0 Å². The fourth-order valence-corrected chi connectivity index (χ4v) is 2.75. The standard InChI is InChI=1S/C13H24BrNO2/c1-3-6-15(7-5-14)13(16)10-11-8-12(9-11)17-4-2/h11-12H,3-10H2,1-2H3. The molecule has 100 valence electrons. The largest absolute Gasteiger partial charge is 0.378 e. The fraction of sp³-hybridized carbons (Fsp3) is 0.923. The highest BCUT2D eigenvalue weighted by atomic mass is 79.9. The molecule has 0 aromatic carbocycles. The molecule has 1 aliphatic carbocycles. The van der Waals surface area contributed by atoms with Crippen LogP contribution in [0, 0.1) is 5.92 Å². The molecule has 3 nitrogen and oxygen atoms in total. The van der Waals surface area contributed by atoms with E-state index in [0.29, 0.717) is 24.3 Å². The van der Waals surface area contributed by atoms with Crippen molar-refractivity contribution in [3.05, 3.63) is 0 Å². The molecule has 1 aliphatic rings. The number of amides is 1. The number of alkyl halides is 1. The molecule has 0 bridgehead atoms. The van der Waals surface area contributed by atoms with Crippen LogP contribution in [-0.2, 0) is 9.53 Å². The van der Waals surface area contributed by atoms with E-state index >= 15 is 0 Å². The highest BCUT2D eigenvalue weighted by Crippen LogP contribution is 2.33. The molecule has 1 amide bonds. The van der Waals surface area contributed by atoms with Gasteiger partial charge in [-0.3, -0.25) is 4.79 Å². The minimum atomic E-state index is 0.311. The predicted molar refractivity (Wildman–Crippen MR) is 73.4 cm³/mol. The van der Waals surface area contributed by atoms with Crippen LogP contribution in [0.5, 0.6) is 0 Å². The van der Waals surface area contributed by atoms with Crippen molar-refractivity contribution in [1.82, 2.24) is 4.90 Å². The number of carbonyl (C=O) groups is 1. The number of nitrogens with zero attached hydrogens (tertiary/aromatic N) is 1. The summed E-state index contributed by atoms with van der Waals surface area (Å²) >= 11 is 3.40. The second-order valence-electron chi connectivity index (χ2n) is 4.69. The lowest BCUT2D eigenvalue weighted by molar-refractivity contribution is -0.134. The molecule has 17 heavy (non-hydrogen) atoms. The van der Waals surface area contributed by atoms with Crippen LogP contribution in [0.25, 0.3) is 0 Å². The van der Waals surface area contributed by atoms with Crippen molar-refractivity contribution in [3.63, 3.8) is 0 Å². The van der Waals surface area contributed by atoms with E-state index in [-0.39, 0.29) is 0 Å². The summed E-state index contributed by atoms with van der Waals surface area (Å²) in [6.07, 6.45) is 4.28. The topological polar surface area (TPSA) is 29.5 Å². The Morgan fingerprint density at radius 3 is 2.59 bits per heavy atom. The Morgan fingerprint density at radius 2 is 2.06 bits per heavy atom. The maximum Gasteiger partial charge on any atom is 0.222 e. The molecule has 0 aromatic heterocycles. The zero-order chi connectivity index (χ0) is 12.7. The predicted octanol–water partition coefficient (Wildman–Crippen LogP) is 2.83. The molecule has 0 aliphatic heterocycles. The molecule has 0 radical (unpaired) electrons. The molecular formula is C13H24BrNO2. The molecule has 1 saturated carbocycles. The molecule has 4 heteroatoms. The Balaban J connectivity index is 2.23. The highest BCUT2D eigenvalue weighted by molar-refractivity contribution is 9.09. The van der Waals surface area contributed by atoms with E-state index in [1.807, 2.05) is 11.8 Å². The summed E-state index contributed by atoms with van der Waals surface area (Å²) in [5, 5.41) is 0.866. The van der Waals surface area contributed by atoms with E-state index in [0.717, 1.165) is 44.3 Å². The molecule has 0 N–H and O–H groups in total. The van der Waals surface area contributed by atoms with E-state index in [1.165, 1.54) is 0 Å². The maximum atomic E-state index is 12.1. The number of rotatable bonds is 8. The van der Waals surface area contributed by atoms with Gasteiger partial charge in [-0.1, -0.05) is 22.9 Å². The molecular weight excluding hydrogens is 282 g/mol. The van der Waals surface area contributed by atoms with Crippen molar-refractivity contribution >= 4 is 21.8 Å². The van der Waals surface area contributed by atoms with Crippen molar-refractivity contribution < 1.29 is 9.53 Å². The average molecular weight is 306 g/mol. The fourth-order valence-electron chi connectivity index (χ4n) is 2.32. The van der Waals surface area contributed by atoms with Gasteiger partial charge in [0.1, 0.15) is 0 Å². The summed E-state index contributed by atoms with van der Waals surface area (Å²) in [5.41, 5.74) is 0. The Hall–Kier alpha value is -0.0900. The zero-order valence-corrected chi connectivity index (χ0v) is 12.5. The molecule has 0 spiro atoms. The van der Waals surface area contributed by atoms with Gasteiger partial charge in [0.25, 0.3) is 0 Å². The molecule has 0 saturated heterocycles. The maximum absolute atomic E-state index is 12.1. The van der Waals surface area contributed by atoms with Crippen molar-refractivity contribution in [3.8, 4) is 0 Å². The van der Waals surface area contributed by atoms with E-state index in [1.54, 1.807) is 0 Å². The van der Waals surface area contributed by atoms with Gasteiger partial charge in [0, 0.05) is 31.4 Å². The lowest BCUT2D eigenvalue weighted by atomic mass is 9.79. The Labute approximate surface area is 113 Å². The summed E-state index contributed by atoms with van der Waals surface area (Å²) < 4.78 is 5.51. The number of hydrogen-bond acceptors (Lipinski definition) is 2. The van der Waals surface area contributed by atoms with Crippen LogP contribution in [0.3, 0.4) is 0 Å². The quantitative estimate of drug-likeness (QED) is 0.645. The first-order valence-corrected chi connectivity index (χ1v) is 7.78.